The second-order valence-corrected chi connectivity index (χ2v) is 12.3. The molecule has 3 rings (SSSR count). The fourth-order valence-corrected chi connectivity index (χ4v) is 6.15. The van der Waals surface area contributed by atoms with E-state index in [9.17, 15) is 0 Å². The number of halogens is 3. The van der Waals surface area contributed by atoms with Gasteiger partial charge in [-0.15, -0.1) is 0 Å². The van der Waals surface area contributed by atoms with Crippen molar-refractivity contribution in [1.82, 2.24) is 4.98 Å². The van der Waals surface area contributed by atoms with Gasteiger partial charge < -0.3 is 37.2 Å². The second-order valence-electron chi connectivity index (χ2n) is 12.3. The van der Waals surface area contributed by atoms with Crippen LogP contribution in [0.5, 0.6) is 0 Å². The first-order valence-corrected chi connectivity index (χ1v) is 17.2. The summed E-state index contributed by atoms with van der Waals surface area (Å²) in [5.41, 5.74) is 15.7. The molecular weight excluding hydrogens is 688 g/mol. The van der Waals surface area contributed by atoms with Crippen molar-refractivity contribution in [3.05, 3.63) is 86.7 Å². The van der Waals surface area contributed by atoms with Crippen molar-refractivity contribution in [2.45, 2.75) is 139 Å². The van der Waals surface area contributed by atoms with Gasteiger partial charge in [0.2, 0.25) is 0 Å². The van der Waals surface area contributed by atoms with Gasteiger partial charge in [0.1, 0.15) is 0 Å². The molecule has 0 spiro atoms. The fraction of sp³-hybridized carbons (Fsp3) is 0.525. The molecule has 2 aromatic carbocycles. The van der Waals surface area contributed by atoms with Gasteiger partial charge in [0.15, 0.2) is 0 Å². The Morgan fingerprint density at radius 2 is 0.766 bits per heavy atom. The minimum atomic E-state index is 0. The van der Waals surface area contributed by atoms with Crippen LogP contribution >= 0.6 is 0 Å². The molecule has 0 bridgehead atoms. The summed E-state index contributed by atoms with van der Waals surface area (Å²) in [7, 11) is 0. The van der Waals surface area contributed by atoms with Crippen molar-refractivity contribution in [2.75, 3.05) is 0 Å². The number of aromatic nitrogens is 1. The topological polar surface area (TPSA) is 37.6 Å². The maximum atomic E-state index is 5.31. The summed E-state index contributed by atoms with van der Waals surface area (Å²) in [5.74, 6) is 0. The molecule has 1 aromatic heterocycles. The van der Waals surface area contributed by atoms with Crippen LogP contribution in [0, 0.1) is 6.92 Å². The molecule has 47 heavy (non-hydrogen) atoms. The Hall–Kier alpha value is -1.69. The molecule has 262 valence electrons. The summed E-state index contributed by atoms with van der Waals surface area (Å²) in [6.45, 7) is 20.0. The zero-order chi connectivity index (χ0) is 31.4. The SMILES string of the molecule is CCCc1cc(CCC)c(N=C(C)c2cc(C)cc(C(C)=Nc3c(CCC)cc(CCC)cc3CCC)n2)c(CCC)c1.[Cl-].[Cl-].[Cl-].[Co+3]. The monoisotopic (exact) mass is 743 g/mol. The van der Waals surface area contributed by atoms with E-state index in [1.165, 1.54) is 51.8 Å². The molecule has 0 saturated heterocycles. The maximum absolute atomic E-state index is 5.31. The summed E-state index contributed by atoms with van der Waals surface area (Å²) < 4.78 is 0. The minimum Gasteiger partial charge on any atom is -1.00 e. The summed E-state index contributed by atoms with van der Waals surface area (Å²) in [4.78, 5) is 15.8. The van der Waals surface area contributed by atoms with E-state index in [1.807, 2.05) is 0 Å². The van der Waals surface area contributed by atoms with E-state index in [-0.39, 0.29) is 54.0 Å². The average Bonchev–Trinajstić information content (AvgIpc) is 2.97. The van der Waals surface area contributed by atoms with E-state index >= 15 is 0 Å². The summed E-state index contributed by atoms with van der Waals surface area (Å²) in [6, 6.07) is 13.9. The Labute approximate surface area is 316 Å². The first-order valence-electron chi connectivity index (χ1n) is 17.2. The molecular formula is C40H57Cl3CoN3. The first-order chi connectivity index (χ1) is 20.8. The Balaban J connectivity index is 0. The van der Waals surface area contributed by atoms with Crippen molar-refractivity contribution in [3.63, 3.8) is 0 Å². The van der Waals surface area contributed by atoms with Crippen LogP contribution < -0.4 is 37.2 Å². The van der Waals surface area contributed by atoms with Crippen LogP contribution in [0.4, 0.5) is 11.4 Å². The van der Waals surface area contributed by atoms with Crippen LogP contribution in [0.25, 0.3) is 0 Å². The van der Waals surface area contributed by atoms with Gasteiger partial charge in [-0.1, -0.05) is 104 Å². The van der Waals surface area contributed by atoms with Crippen molar-refractivity contribution in [3.8, 4) is 0 Å². The van der Waals surface area contributed by atoms with Gasteiger partial charge in [0, 0.05) is 0 Å². The van der Waals surface area contributed by atoms with Gasteiger partial charge in [-0.3, -0.25) is 9.98 Å². The smallest absolute Gasteiger partial charge is 1.00 e. The Kier molecular flexibility index (Phi) is 24.7. The third-order valence-corrected chi connectivity index (χ3v) is 8.08. The van der Waals surface area contributed by atoms with E-state index in [2.05, 4.69) is 98.7 Å². The van der Waals surface area contributed by atoms with Crippen LogP contribution in [0.3, 0.4) is 0 Å². The number of hydrogen-bond donors (Lipinski definition) is 0. The molecule has 3 nitrogen and oxygen atoms in total. The molecule has 0 atom stereocenters. The summed E-state index contributed by atoms with van der Waals surface area (Å²) >= 11 is 0. The van der Waals surface area contributed by atoms with E-state index in [1.54, 1.807) is 0 Å². The van der Waals surface area contributed by atoms with Crippen LogP contribution in [-0.4, -0.2) is 16.4 Å². The molecule has 3 aromatic rings. The second kappa shape index (κ2) is 24.4. The Morgan fingerprint density at radius 1 is 0.489 bits per heavy atom. The van der Waals surface area contributed by atoms with E-state index < -0.39 is 0 Å². The summed E-state index contributed by atoms with van der Waals surface area (Å²) in [6.07, 6.45) is 13.2. The van der Waals surface area contributed by atoms with Gasteiger partial charge in [0.25, 0.3) is 0 Å². The fourth-order valence-electron chi connectivity index (χ4n) is 6.15. The molecule has 0 fully saturated rings. The van der Waals surface area contributed by atoms with Crippen LogP contribution in [0.1, 0.15) is 144 Å². The van der Waals surface area contributed by atoms with Crippen molar-refractivity contribution in [1.29, 1.82) is 0 Å². The van der Waals surface area contributed by atoms with Crippen molar-refractivity contribution < 1.29 is 54.0 Å². The van der Waals surface area contributed by atoms with Crippen LogP contribution in [-0.2, 0) is 55.3 Å². The van der Waals surface area contributed by atoms with Gasteiger partial charge >= 0.3 is 16.8 Å². The number of aliphatic imine (C=N–C) groups is 2. The number of pyridine rings is 1. The van der Waals surface area contributed by atoms with Gasteiger partial charge in [0.05, 0.1) is 34.2 Å². The molecule has 0 radical (unpaired) electrons. The standard InChI is InChI=1S/C40H57N3.3ClH.Co/c1-10-16-31-24-33(18-12-3)39(34(25-31)19-13-4)41-29(8)37-22-28(7)23-38(43-37)30(9)42-40-35(20-14-5)26-32(17-11-2)27-36(40)21-15-6;;;;/h22-27H,10-21H2,1-9H3;3*1H;/q;;;;+3/p-3. The largest absolute Gasteiger partial charge is 3.00 e. The molecule has 7 heteroatoms. The number of hydrogen-bond acceptors (Lipinski definition) is 3. The van der Waals surface area contributed by atoms with E-state index in [4.69, 9.17) is 15.0 Å². The quantitative estimate of drug-likeness (QED) is 0.208. The summed E-state index contributed by atoms with van der Waals surface area (Å²) in [5, 5.41) is 0. The number of benzene rings is 2. The van der Waals surface area contributed by atoms with E-state index in [0.29, 0.717) is 0 Å². The molecule has 0 unspecified atom stereocenters. The predicted octanol–water partition coefficient (Wildman–Crippen LogP) is 2.40. The third-order valence-electron chi connectivity index (χ3n) is 8.08. The number of nitrogens with zero attached hydrogens (tertiary/aromatic N) is 3. The van der Waals surface area contributed by atoms with Crippen LogP contribution in [0.2, 0.25) is 0 Å². The molecule has 0 saturated carbocycles. The Morgan fingerprint density at radius 3 is 1.02 bits per heavy atom. The minimum absolute atomic E-state index is 0. The van der Waals surface area contributed by atoms with Crippen molar-refractivity contribution >= 4 is 22.8 Å². The first kappa shape index (κ1) is 47.4. The predicted molar refractivity (Wildman–Crippen MR) is 190 cm³/mol. The molecule has 0 aliphatic carbocycles. The van der Waals surface area contributed by atoms with Crippen LogP contribution in [0.15, 0.2) is 46.4 Å². The van der Waals surface area contributed by atoms with Gasteiger partial charge in [-0.25, -0.2) is 4.98 Å². The molecule has 0 amide bonds. The molecule has 0 aliphatic heterocycles. The number of rotatable bonds is 16. The normalized spacial score (nSPS) is 11.3. The zero-order valence-electron chi connectivity index (χ0n) is 30.3. The zero-order valence-corrected chi connectivity index (χ0v) is 33.6. The van der Waals surface area contributed by atoms with Gasteiger partial charge in [-0.05, 0) is 110 Å². The van der Waals surface area contributed by atoms with Gasteiger partial charge in [-0.2, -0.15) is 0 Å². The molecule has 0 N–H and O–H groups in total. The Bertz CT molecular complexity index is 1270. The number of aryl methyl sites for hydroxylation is 7. The third kappa shape index (κ3) is 13.6. The van der Waals surface area contributed by atoms with Crippen molar-refractivity contribution in [2.24, 2.45) is 9.98 Å². The maximum Gasteiger partial charge on any atom is 3.00 e. The van der Waals surface area contributed by atoms with E-state index in [0.717, 1.165) is 98.4 Å². The molecule has 0 aliphatic rings. The average molecular weight is 745 g/mol. The molecule has 1 heterocycles.